The summed E-state index contributed by atoms with van der Waals surface area (Å²) in [6.07, 6.45) is 1.65. The Kier molecular flexibility index (Phi) is 4.20. The van der Waals surface area contributed by atoms with Crippen LogP contribution in [0.15, 0.2) is 42.5 Å². The zero-order valence-electron chi connectivity index (χ0n) is 12.5. The van der Waals surface area contributed by atoms with E-state index in [1.54, 1.807) is 24.1 Å². The molecule has 114 valence electrons. The molecule has 0 fully saturated rings. The fourth-order valence-electron chi connectivity index (χ4n) is 2.89. The van der Waals surface area contributed by atoms with Gasteiger partial charge in [-0.15, -0.1) is 0 Å². The molecule has 1 amide bonds. The number of nitrogens with zero attached hydrogens (tertiary/aromatic N) is 1. The molecule has 22 heavy (non-hydrogen) atoms. The lowest BCUT2D eigenvalue weighted by molar-refractivity contribution is 0.0984. The Bertz CT molecular complexity index is 699. The predicted octanol–water partition coefficient (Wildman–Crippen LogP) is 3.57. The molecule has 2 aromatic rings. The zero-order valence-corrected chi connectivity index (χ0v) is 12.5. The second kappa shape index (κ2) is 6.28. The normalized spacial score (nSPS) is 13.8. The van der Waals surface area contributed by atoms with E-state index in [4.69, 9.17) is 4.74 Å². The van der Waals surface area contributed by atoms with E-state index in [9.17, 15) is 9.18 Å². The van der Waals surface area contributed by atoms with Crippen molar-refractivity contribution in [3.8, 4) is 0 Å². The summed E-state index contributed by atoms with van der Waals surface area (Å²) < 4.78 is 18.5. The highest BCUT2D eigenvalue weighted by Crippen LogP contribution is 2.29. The van der Waals surface area contributed by atoms with Gasteiger partial charge in [0, 0.05) is 24.9 Å². The van der Waals surface area contributed by atoms with E-state index in [0.29, 0.717) is 18.7 Å². The molecule has 0 spiro atoms. The van der Waals surface area contributed by atoms with Crippen LogP contribution in [0.3, 0.4) is 0 Å². The summed E-state index contributed by atoms with van der Waals surface area (Å²) in [5.74, 6) is -0.305. The van der Waals surface area contributed by atoms with Gasteiger partial charge in [0.25, 0.3) is 5.91 Å². The minimum atomic E-state index is -0.254. The first-order chi connectivity index (χ1) is 10.7. The number of benzene rings is 2. The monoisotopic (exact) mass is 299 g/mol. The first-order valence-corrected chi connectivity index (χ1v) is 7.37. The van der Waals surface area contributed by atoms with Crippen LogP contribution in [0.25, 0.3) is 0 Å². The average molecular weight is 299 g/mol. The first-order valence-electron chi connectivity index (χ1n) is 7.37. The topological polar surface area (TPSA) is 29.5 Å². The van der Waals surface area contributed by atoms with E-state index in [1.165, 1.54) is 12.1 Å². The van der Waals surface area contributed by atoms with Crippen LogP contribution in [-0.4, -0.2) is 19.6 Å². The highest BCUT2D eigenvalue weighted by molar-refractivity contribution is 6.06. The van der Waals surface area contributed by atoms with Crippen molar-refractivity contribution in [3.05, 3.63) is 65.0 Å². The molecule has 0 radical (unpaired) electrons. The highest BCUT2D eigenvalue weighted by atomic mass is 19.1. The van der Waals surface area contributed by atoms with Crippen molar-refractivity contribution in [1.82, 2.24) is 0 Å². The number of ether oxygens (including phenoxy) is 1. The molecule has 3 nitrogen and oxygen atoms in total. The minimum Gasteiger partial charge on any atom is -0.380 e. The second-order valence-electron chi connectivity index (χ2n) is 5.47. The first kappa shape index (κ1) is 14.7. The molecule has 0 unspecified atom stereocenters. The Balaban J connectivity index is 1.92. The number of carbonyl (C=O) groups excluding carboxylic acids is 1. The SMILES string of the molecule is COCc1cccc(C(=O)N2CCCc3cc(F)ccc32)c1. The van der Waals surface area contributed by atoms with Gasteiger partial charge < -0.3 is 9.64 Å². The Morgan fingerprint density at radius 1 is 1.27 bits per heavy atom. The number of anilines is 1. The molecule has 0 aliphatic carbocycles. The number of rotatable bonds is 3. The number of carbonyl (C=O) groups is 1. The Morgan fingerprint density at radius 3 is 2.95 bits per heavy atom. The molecule has 3 rings (SSSR count). The third-order valence-corrected chi connectivity index (χ3v) is 3.89. The van der Waals surface area contributed by atoms with Crippen LogP contribution < -0.4 is 4.90 Å². The van der Waals surface area contributed by atoms with Gasteiger partial charge in [-0.3, -0.25) is 4.79 Å². The van der Waals surface area contributed by atoms with Gasteiger partial charge in [0.2, 0.25) is 0 Å². The third kappa shape index (κ3) is 2.88. The standard InChI is InChI=1S/C18H18FNO2/c1-22-12-13-4-2-5-15(10-13)18(21)20-9-3-6-14-11-16(19)7-8-17(14)20/h2,4-5,7-8,10-11H,3,6,9,12H2,1H3. The fraction of sp³-hybridized carbons (Fsp3) is 0.278. The van der Waals surface area contributed by atoms with Gasteiger partial charge in [-0.05, 0) is 54.3 Å². The smallest absolute Gasteiger partial charge is 0.258 e. The molecule has 4 heteroatoms. The Morgan fingerprint density at radius 2 is 2.14 bits per heavy atom. The maximum atomic E-state index is 13.4. The predicted molar refractivity (Wildman–Crippen MR) is 83.6 cm³/mol. The summed E-state index contributed by atoms with van der Waals surface area (Å²) in [6, 6.07) is 12.1. The number of hydrogen-bond donors (Lipinski definition) is 0. The van der Waals surface area contributed by atoms with Crippen LogP contribution >= 0.6 is 0 Å². The van der Waals surface area contributed by atoms with E-state index in [1.807, 2.05) is 18.2 Å². The van der Waals surface area contributed by atoms with E-state index >= 15 is 0 Å². The molecule has 1 heterocycles. The number of aryl methyl sites for hydroxylation is 1. The van der Waals surface area contributed by atoms with Gasteiger partial charge in [0.15, 0.2) is 0 Å². The molecule has 0 saturated carbocycles. The molecule has 1 aliphatic heterocycles. The lowest BCUT2D eigenvalue weighted by Crippen LogP contribution is -2.35. The Hall–Kier alpha value is -2.20. The number of methoxy groups -OCH3 is 1. The summed E-state index contributed by atoms with van der Waals surface area (Å²) >= 11 is 0. The lowest BCUT2D eigenvalue weighted by Gasteiger charge is -2.29. The molecular formula is C18H18FNO2. The van der Waals surface area contributed by atoms with Gasteiger partial charge in [-0.2, -0.15) is 0 Å². The molecule has 0 saturated heterocycles. The maximum Gasteiger partial charge on any atom is 0.258 e. The minimum absolute atomic E-state index is 0.0505. The van der Waals surface area contributed by atoms with Crippen LogP contribution in [0.4, 0.5) is 10.1 Å². The third-order valence-electron chi connectivity index (χ3n) is 3.89. The molecule has 0 bridgehead atoms. The van der Waals surface area contributed by atoms with Crippen LogP contribution in [0.1, 0.15) is 27.9 Å². The van der Waals surface area contributed by atoms with Crippen molar-refractivity contribution in [1.29, 1.82) is 0 Å². The molecular weight excluding hydrogens is 281 g/mol. The van der Waals surface area contributed by atoms with Crippen molar-refractivity contribution < 1.29 is 13.9 Å². The van der Waals surface area contributed by atoms with Gasteiger partial charge in [0.1, 0.15) is 5.82 Å². The van der Waals surface area contributed by atoms with Gasteiger partial charge in [0.05, 0.1) is 6.61 Å². The lowest BCUT2D eigenvalue weighted by atomic mass is 10.00. The largest absolute Gasteiger partial charge is 0.380 e. The molecule has 2 aromatic carbocycles. The number of fused-ring (bicyclic) bond motifs is 1. The van der Waals surface area contributed by atoms with E-state index in [2.05, 4.69) is 0 Å². The van der Waals surface area contributed by atoms with Crippen LogP contribution in [0, 0.1) is 5.82 Å². The van der Waals surface area contributed by atoms with E-state index in [0.717, 1.165) is 29.7 Å². The van der Waals surface area contributed by atoms with Crippen molar-refractivity contribution in [2.75, 3.05) is 18.6 Å². The molecule has 1 aliphatic rings. The number of amides is 1. The summed E-state index contributed by atoms with van der Waals surface area (Å²) in [4.78, 5) is 14.5. The van der Waals surface area contributed by atoms with E-state index in [-0.39, 0.29) is 11.7 Å². The second-order valence-corrected chi connectivity index (χ2v) is 5.47. The maximum absolute atomic E-state index is 13.4. The number of halogens is 1. The summed E-state index contributed by atoms with van der Waals surface area (Å²) in [5, 5.41) is 0. The van der Waals surface area contributed by atoms with Crippen molar-refractivity contribution in [2.24, 2.45) is 0 Å². The van der Waals surface area contributed by atoms with Gasteiger partial charge in [-0.1, -0.05) is 12.1 Å². The molecule has 0 atom stereocenters. The van der Waals surface area contributed by atoms with Gasteiger partial charge >= 0.3 is 0 Å². The van der Waals surface area contributed by atoms with Crippen LogP contribution in [-0.2, 0) is 17.8 Å². The Labute approximate surface area is 129 Å². The highest BCUT2D eigenvalue weighted by Gasteiger charge is 2.23. The zero-order chi connectivity index (χ0) is 15.5. The van der Waals surface area contributed by atoms with Crippen molar-refractivity contribution in [2.45, 2.75) is 19.4 Å². The van der Waals surface area contributed by atoms with Crippen molar-refractivity contribution >= 4 is 11.6 Å². The summed E-state index contributed by atoms with van der Waals surface area (Å²) in [7, 11) is 1.63. The summed E-state index contributed by atoms with van der Waals surface area (Å²) in [6.45, 7) is 1.13. The molecule has 0 aromatic heterocycles. The molecule has 0 N–H and O–H groups in total. The van der Waals surface area contributed by atoms with Crippen LogP contribution in [0.5, 0.6) is 0 Å². The van der Waals surface area contributed by atoms with Crippen molar-refractivity contribution in [3.63, 3.8) is 0 Å². The van der Waals surface area contributed by atoms with E-state index < -0.39 is 0 Å². The quantitative estimate of drug-likeness (QED) is 0.867. The average Bonchev–Trinajstić information content (AvgIpc) is 2.54. The van der Waals surface area contributed by atoms with Crippen LogP contribution in [0.2, 0.25) is 0 Å². The fourth-order valence-corrected chi connectivity index (χ4v) is 2.89. The number of hydrogen-bond acceptors (Lipinski definition) is 2. The van der Waals surface area contributed by atoms with Gasteiger partial charge in [-0.25, -0.2) is 4.39 Å². The summed E-state index contributed by atoms with van der Waals surface area (Å²) in [5.41, 5.74) is 3.30.